The van der Waals surface area contributed by atoms with Crippen molar-refractivity contribution in [2.24, 2.45) is 0 Å². The molecule has 0 aliphatic heterocycles. The van der Waals surface area contributed by atoms with Crippen molar-refractivity contribution in [3.8, 4) is 0 Å². The van der Waals surface area contributed by atoms with E-state index in [0.29, 0.717) is 18.6 Å². The molecule has 1 N–H and O–H groups in total. The SMILES string of the molecule is Cc1ccc2ncc(C(=O)NCCc3nnc4ccccn34)c(=O)n2c1. The van der Waals surface area contributed by atoms with Crippen molar-refractivity contribution in [2.45, 2.75) is 13.3 Å². The summed E-state index contributed by atoms with van der Waals surface area (Å²) in [6, 6.07) is 9.25. The zero-order chi connectivity index (χ0) is 18.1. The van der Waals surface area contributed by atoms with Gasteiger partial charge < -0.3 is 5.32 Å². The van der Waals surface area contributed by atoms with E-state index in [0.717, 1.165) is 17.0 Å². The summed E-state index contributed by atoms with van der Waals surface area (Å²) < 4.78 is 3.25. The van der Waals surface area contributed by atoms with Crippen molar-refractivity contribution in [3.05, 3.63) is 76.2 Å². The lowest BCUT2D eigenvalue weighted by molar-refractivity contribution is 0.0952. The molecular formula is C18H16N6O2. The van der Waals surface area contributed by atoms with Crippen LogP contribution in [0.2, 0.25) is 0 Å². The Hall–Kier alpha value is -3.55. The van der Waals surface area contributed by atoms with Gasteiger partial charge in [-0.05, 0) is 30.7 Å². The molecule has 0 saturated carbocycles. The minimum atomic E-state index is -0.452. The number of nitrogens with one attached hydrogen (secondary N) is 1. The van der Waals surface area contributed by atoms with Crippen LogP contribution in [-0.2, 0) is 6.42 Å². The fourth-order valence-electron chi connectivity index (χ4n) is 2.78. The highest BCUT2D eigenvalue weighted by Crippen LogP contribution is 2.04. The molecule has 8 nitrogen and oxygen atoms in total. The maximum absolute atomic E-state index is 12.5. The molecule has 4 aromatic rings. The summed E-state index contributed by atoms with van der Waals surface area (Å²) in [5.41, 5.74) is 1.80. The number of pyridine rings is 2. The first kappa shape index (κ1) is 15.9. The number of aryl methyl sites for hydroxylation is 1. The molecule has 4 heterocycles. The van der Waals surface area contributed by atoms with Crippen LogP contribution in [-0.4, -0.2) is 36.4 Å². The largest absolute Gasteiger partial charge is 0.351 e. The predicted molar refractivity (Wildman–Crippen MR) is 95.2 cm³/mol. The number of rotatable bonds is 4. The molecule has 0 bridgehead atoms. The zero-order valence-electron chi connectivity index (χ0n) is 14.1. The second-order valence-corrected chi connectivity index (χ2v) is 5.96. The molecule has 0 aromatic carbocycles. The number of carbonyl (C=O) groups is 1. The Labute approximate surface area is 148 Å². The first-order valence-corrected chi connectivity index (χ1v) is 8.18. The molecule has 0 spiro atoms. The molecule has 0 saturated heterocycles. The van der Waals surface area contributed by atoms with E-state index < -0.39 is 5.91 Å². The van der Waals surface area contributed by atoms with Gasteiger partial charge in [0.05, 0.1) is 0 Å². The molecule has 0 aliphatic rings. The van der Waals surface area contributed by atoms with E-state index >= 15 is 0 Å². The van der Waals surface area contributed by atoms with Gasteiger partial charge in [0.15, 0.2) is 5.65 Å². The maximum Gasteiger partial charge on any atom is 0.270 e. The van der Waals surface area contributed by atoms with Crippen LogP contribution in [0.25, 0.3) is 11.3 Å². The van der Waals surface area contributed by atoms with Gasteiger partial charge in [-0.3, -0.25) is 18.4 Å². The maximum atomic E-state index is 12.5. The van der Waals surface area contributed by atoms with Gasteiger partial charge in [-0.25, -0.2) is 4.98 Å². The number of fused-ring (bicyclic) bond motifs is 2. The third kappa shape index (κ3) is 2.81. The average Bonchev–Trinajstić information content (AvgIpc) is 3.06. The summed E-state index contributed by atoms with van der Waals surface area (Å²) in [6.07, 6.45) is 5.35. The fraction of sp³-hybridized carbons (Fsp3) is 0.167. The predicted octanol–water partition coefficient (Wildman–Crippen LogP) is 1.02. The Morgan fingerprint density at radius 3 is 2.88 bits per heavy atom. The van der Waals surface area contributed by atoms with Crippen LogP contribution in [0, 0.1) is 6.92 Å². The van der Waals surface area contributed by atoms with Gasteiger partial charge in [0.2, 0.25) is 0 Å². The zero-order valence-corrected chi connectivity index (χ0v) is 14.1. The highest BCUT2D eigenvalue weighted by Gasteiger charge is 2.13. The fourth-order valence-corrected chi connectivity index (χ4v) is 2.78. The number of hydrogen-bond donors (Lipinski definition) is 1. The summed E-state index contributed by atoms with van der Waals surface area (Å²) in [5.74, 6) is 0.289. The van der Waals surface area contributed by atoms with Gasteiger partial charge in [0.25, 0.3) is 11.5 Å². The van der Waals surface area contributed by atoms with Gasteiger partial charge in [0, 0.05) is 31.6 Å². The lowest BCUT2D eigenvalue weighted by atomic mass is 10.2. The number of carbonyl (C=O) groups excluding carboxylic acids is 1. The third-order valence-electron chi connectivity index (χ3n) is 4.11. The van der Waals surface area contributed by atoms with Crippen molar-refractivity contribution < 1.29 is 4.79 Å². The van der Waals surface area contributed by atoms with Crippen molar-refractivity contribution in [1.29, 1.82) is 0 Å². The van der Waals surface area contributed by atoms with Crippen LogP contribution < -0.4 is 10.9 Å². The monoisotopic (exact) mass is 348 g/mol. The molecular weight excluding hydrogens is 332 g/mol. The Kier molecular flexibility index (Phi) is 3.92. The van der Waals surface area contributed by atoms with Crippen LogP contribution in [0.5, 0.6) is 0 Å². The van der Waals surface area contributed by atoms with Crippen molar-refractivity contribution >= 4 is 17.2 Å². The Morgan fingerprint density at radius 2 is 2.00 bits per heavy atom. The van der Waals surface area contributed by atoms with E-state index in [4.69, 9.17) is 0 Å². The van der Waals surface area contributed by atoms with Gasteiger partial charge in [0.1, 0.15) is 17.0 Å². The van der Waals surface area contributed by atoms with E-state index in [9.17, 15) is 9.59 Å². The molecule has 26 heavy (non-hydrogen) atoms. The lowest BCUT2D eigenvalue weighted by Crippen LogP contribution is -2.33. The van der Waals surface area contributed by atoms with E-state index in [1.807, 2.05) is 41.8 Å². The van der Waals surface area contributed by atoms with Crippen LogP contribution in [0.1, 0.15) is 21.7 Å². The molecule has 0 fully saturated rings. The highest BCUT2D eigenvalue weighted by molar-refractivity contribution is 5.93. The van der Waals surface area contributed by atoms with Crippen molar-refractivity contribution in [1.82, 2.24) is 29.3 Å². The topological polar surface area (TPSA) is 93.7 Å². The van der Waals surface area contributed by atoms with Crippen LogP contribution >= 0.6 is 0 Å². The second-order valence-electron chi connectivity index (χ2n) is 5.96. The molecule has 130 valence electrons. The van der Waals surface area contributed by atoms with E-state index in [-0.39, 0.29) is 11.1 Å². The molecule has 0 aliphatic carbocycles. The summed E-state index contributed by atoms with van der Waals surface area (Å²) in [7, 11) is 0. The normalized spacial score (nSPS) is 11.1. The molecule has 1 amide bonds. The van der Waals surface area contributed by atoms with Crippen molar-refractivity contribution in [3.63, 3.8) is 0 Å². The number of hydrogen-bond acceptors (Lipinski definition) is 5. The van der Waals surface area contributed by atoms with Crippen LogP contribution in [0.4, 0.5) is 0 Å². The van der Waals surface area contributed by atoms with Crippen LogP contribution in [0.3, 0.4) is 0 Å². The molecule has 0 unspecified atom stereocenters. The molecule has 4 aromatic heterocycles. The summed E-state index contributed by atoms with van der Waals surface area (Å²) in [4.78, 5) is 29.1. The van der Waals surface area contributed by atoms with E-state index in [1.165, 1.54) is 10.6 Å². The molecule has 8 heteroatoms. The van der Waals surface area contributed by atoms with E-state index in [2.05, 4.69) is 20.5 Å². The number of nitrogens with zero attached hydrogens (tertiary/aromatic N) is 5. The number of aromatic nitrogens is 5. The standard InChI is InChI=1S/C18H16N6O2/c1-12-5-6-14-20-10-13(18(26)24(14)11-12)17(25)19-8-7-16-22-21-15-4-2-3-9-23(15)16/h2-6,9-11H,7-8H2,1H3,(H,19,25). The first-order chi connectivity index (χ1) is 12.6. The molecule has 0 radical (unpaired) electrons. The van der Waals surface area contributed by atoms with Crippen LogP contribution in [0.15, 0.2) is 53.7 Å². The molecule has 4 rings (SSSR count). The quantitative estimate of drug-likeness (QED) is 0.594. The number of amides is 1. The van der Waals surface area contributed by atoms with Gasteiger partial charge in [-0.15, -0.1) is 10.2 Å². The second kappa shape index (κ2) is 6.40. The van der Waals surface area contributed by atoms with E-state index in [1.54, 1.807) is 12.3 Å². The summed E-state index contributed by atoms with van der Waals surface area (Å²) in [5, 5.41) is 10.9. The Bertz CT molecular complexity index is 1180. The Morgan fingerprint density at radius 1 is 1.12 bits per heavy atom. The van der Waals surface area contributed by atoms with Gasteiger partial charge >= 0.3 is 0 Å². The van der Waals surface area contributed by atoms with Crippen molar-refractivity contribution in [2.75, 3.05) is 6.54 Å². The lowest BCUT2D eigenvalue weighted by Gasteiger charge is -2.06. The highest BCUT2D eigenvalue weighted by atomic mass is 16.2. The van der Waals surface area contributed by atoms with Gasteiger partial charge in [-0.1, -0.05) is 12.1 Å². The smallest absolute Gasteiger partial charge is 0.270 e. The average molecular weight is 348 g/mol. The minimum absolute atomic E-state index is 0.0131. The minimum Gasteiger partial charge on any atom is -0.351 e. The Balaban J connectivity index is 1.51. The first-order valence-electron chi connectivity index (χ1n) is 8.18. The summed E-state index contributed by atoms with van der Waals surface area (Å²) in [6.45, 7) is 2.21. The molecule has 0 atom stereocenters. The third-order valence-corrected chi connectivity index (χ3v) is 4.11. The van der Waals surface area contributed by atoms with Gasteiger partial charge in [-0.2, -0.15) is 0 Å². The summed E-state index contributed by atoms with van der Waals surface area (Å²) >= 11 is 0.